The SMILES string of the molecule is C[Si](O)(c1ccccc1F)c1ccccc1F. The maximum Gasteiger partial charge on any atom is 0.255 e. The van der Waals surface area contributed by atoms with Gasteiger partial charge in [-0.1, -0.05) is 36.4 Å². The van der Waals surface area contributed by atoms with Crippen molar-refractivity contribution in [2.75, 3.05) is 0 Å². The molecule has 17 heavy (non-hydrogen) atoms. The summed E-state index contributed by atoms with van der Waals surface area (Å²) in [6, 6.07) is 11.9. The number of hydrogen-bond donors (Lipinski definition) is 1. The van der Waals surface area contributed by atoms with E-state index < -0.39 is 20.0 Å². The normalized spacial score (nSPS) is 11.5. The Balaban J connectivity index is 2.58. The minimum Gasteiger partial charge on any atom is -0.424 e. The first-order chi connectivity index (χ1) is 8.03. The van der Waals surface area contributed by atoms with Gasteiger partial charge in [-0.3, -0.25) is 0 Å². The van der Waals surface area contributed by atoms with Crippen LogP contribution in [0.5, 0.6) is 0 Å². The van der Waals surface area contributed by atoms with E-state index in [4.69, 9.17) is 0 Å². The maximum atomic E-state index is 13.7. The first kappa shape index (κ1) is 11.9. The van der Waals surface area contributed by atoms with Crippen LogP contribution in [0.25, 0.3) is 0 Å². The van der Waals surface area contributed by atoms with Gasteiger partial charge in [-0.2, -0.15) is 0 Å². The molecule has 0 aliphatic carbocycles. The van der Waals surface area contributed by atoms with E-state index in [0.29, 0.717) is 0 Å². The zero-order valence-electron chi connectivity index (χ0n) is 9.32. The fraction of sp³-hybridized carbons (Fsp3) is 0.0769. The van der Waals surface area contributed by atoms with Crippen molar-refractivity contribution in [3.63, 3.8) is 0 Å². The molecule has 0 fully saturated rings. The predicted molar refractivity (Wildman–Crippen MR) is 65.9 cm³/mol. The Morgan fingerprint density at radius 3 is 1.53 bits per heavy atom. The van der Waals surface area contributed by atoms with E-state index >= 15 is 0 Å². The Bertz CT molecular complexity index is 493. The van der Waals surface area contributed by atoms with Gasteiger partial charge in [0.15, 0.2) is 0 Å². The number of halogens is 2. The van der Waals surface area contributed by atoms with Gasteiger partial charge in [0, 0.05) is 10.4 Å². The van der Waals surface area contributed by atoms with Crippen LogP contribution in [0.3, 0.4) is 0 Å². The Morgan fingerprint density at radius 1 is 0.824 bits per heavy atom. The summed E-state index contributed by atoms with van der Waals surface area (Å²) in [5, 5.41) is 0.398. The van der Waals surface area contributed by atoms with E-state index in [1.165, 1.54) is 30.8 Å². The topological polar surface area (TPSA) is 20.2 Å². The molecule has 0 aliphatic heterocycles. The largest absolute Gasteiger partial charge is 0.424 e. The third-order valence-corrected chi connectivity index (χ3v) is 5.71. The molecule has 0 bridgehead atoms. The van der Waals surface area contributed by atoms with E-state index in [2.05, 4.69) is 0 Å². The molecule has 0 radical (unpaired) electrons. The van der Waals surface area contributed by atoms with Crippen molar-refractivity contribution < 1.29 is 13.6 Å². The summed E-state index contributed by atoms with van der Waals surface area (Å²) in [7, 11) is -3.29. The summed E-state index contributed by atoms with van der Waals surface area (Å²) in [5.74, 6) is -0.986. The highest BCUT2D eigenvalue weighted by molar-refractivity contribution is 6.95. The van der Waals surface area contributed by atoms with E-state index in [0.717, 1.165) is 0 Å². The second kappa shape index (κ2) is 4.39. The molecule has 0 spiro atoms. The summed E-state index contributed by atoms with van der Waals surface area (Å²) >= 11 is 0. The standard InChI is InChI=1S/C13H12F2OSi/c1-17(16,12-8-4-2-6-10(12)14)13-9-5-3-7-11(13)15/h2-9,16H,1H3. The van der Waals surface area contributed by atoms with Crippen LogP contribution in [-0.2, 0) is 0 Å². The van der Waals surface area contributed by atoms with E-state index in [1.807, 2.05) is 0 Å². The predicted octanol–water partition coefficient (Wildman–Crippen LogP) is 1.65. The lowest BCUT2D eigenvalue weighted by molar-refractivity contribution is 0.560. The molecular weight excluding hydrogens is 238 g/mol. The van der Waals surface area contributed by atoms with Gasteiger partial charge in [0.05, 0.1) is 0 Å². The molecule has 1 N–H and O–H groups in total. The van der Waals surface area contributed by atoms with Crippen molar-refractivity contribution in [1.82, 2.24) is 0 Å². The Labute approximate surface area is 99.5 Å². The molecule has 0 amide bonds. The van der Waals surface area contributed by atoms with E-state index in [-0.39, 0.29) is 10.4 Å². The van der Waals surface area contributed by atoms with Gasteiger partial charge in [-0.15, -0.1) is 0 Å². The van der Waals surface area contributed by atoms with Gasteiger partial charge in [-0.05, 0) is 18.7 Å². The van der Waals surface area contributed by atoms with Crippen LogP contribution in [0.2, 0.25) is 6.55 Å². The van der Waals surface area contributed by atoms with Crippen LogP contribution in [0.15, 0.2) is 48.5 Å². The number of rotatable bonds is 2. The minimum absolute atomic E-state index is 0.199. The van der Waals surface area contributed by atoms with Crippen LogP contribution >= 0.6 is 0 Å². The number of hydrogen-bond acceptors (Lipinski definition) is 1. The van der Waals surface area contributed by atoms with E-state index in [1.54, 1.807) is 24.3 Å². The molecule has 2 aromatic rings. The van der Waals surface area contributed by atoms with Gasteiger partial charge in [0.2, 0.25) is 0 Å². The molecule has 88 valence electrons. The lowest BCUT2D eigenvalue weighted by Crippen LogP contribution is -2.58. The molecular formula is C13H12F2OSi. The van der Waals surface area contributed by atoms with Crippen LogP contribution in [0.1, 0.15) is 0 Å². The molecule has 0 saturated carbocycles. The lowest BCUT2D eigenvalue weighted by Gasteiger charge is -2.22. The minimum atomic E-state index is -3.29. The molecule has 0 unspecified atom stereocenters. The fourth-order valence-electron chi connectivity index (χ4n) is 1.86. The second-order valence-corrected chi connectivity index (χ2v) is 7.25. The monoisotopic (exact) mass is 250 g/mol. The molecule has 0 atom stereocenters. The lowest BCUT2D eigenvalue weighted by atomic mass is 10.3. The van der Waals surface area contributed by atoms with Crippen LogP contribution in [0.4, 0.5) is 8.78 Å². The van der Waals surface area contributed by atoms with Gasteiger partial charge in [0.25, 0.3) is 8.32 Å². The Hall–Kier alpha value is -1.52. The molecule has 4 heteroatoms. The fourth-order valence-corrected chi connectivity index (χ4v) is 4.09. The van der Waals surface area contributed by atoms with Crippen LogP contribution < -0.4 is 10.4 Å². The van der Waals surface area contributed by atoms with E-state index in [9.17, 15) is 13.6 Å². The molecule has 2 aromatic carbocycles. The zero-order valence-corrected chi connectivity index (χ0v) is 10.3. The Kier molecular flexibility index (Phi) is 3.08. The smallest absolute Gasteiger partial charge is 0.255 e. The van der Waals surface area contributed by atoms with Crippen molar-refractivity contribution in [2.45, 2.75) is 6.55 Å². The first-order valence-corrected chi connectivity index (χ1v) is 7.70. The quantitative estimate of drug-likeness (QED) is 0.804. The van der Waals surface area contributed by atoms with Gasteiger partial charge >= 0.3 is 0 Å². The Morgan fingerprint density at radius 2 is 1.18 bits per heavy atom. The van der Waals surface area contributed by atoms with Crippen LogP contribution in [0, 0.1) is 11.6 Å². The summed E-state index contributed by atoms with van der Waals surface area (Å²) in [5.41, 5.74) is 0. The summed E-state index contributed by atoms with van der Waals surface area (Å²) in [6.45, 7) is 1.52. The third kappa shape index (κ3) is 2.14. The zero-order chi connectivity index (χ0) is 12.5. The van der Waals surface area contributed by atoms with Crippen molar-refractivity contribution in [3.8, 4) is 0 Å². The average Bonchev–Trinajstić information content (AvgIpc) is 2.29. The van der Waals surface area contributed by atoms with Crippen molar-refractivity contribution in [3.05, 3.63) is 60.2 Å². The summed E-state index contributed by atoms with van der Waals surface area (Å²) in [6.07, 6.45) is 0. The highest BCUT2D eigenvalue weighted by atomic mass is 28.4. The van der Waals surface area contributed by atoms with Gasteiger partial charge < -0.3 is 4.80 Å². The second-order valence-electron chi connectivity index (χ2n) is 4.03. The molecule has 0 aliphatic rings. The number of benzene rings is 2. The van der Waals surface area contributed by atoms with Crippen LogP contribution in [-0.4, -0.2) is 13.1 Å². The van der Waals surface area contributed by atoms with Crippen molar-refractivity contribution in [1.29, 1.82) is 0 Å². The highest BCUT2D eigenvalue weighted by Gasteiger charge is 2.34. The molecule has 0 aromatic heterocycles. The molecule has 0 saturated heterocycles. The summed E-state index contributed by atoms with van der Waals surface area (Å²) in [4.78, 5) is 10.5. The summed E-state index contributed by atoms with van der Waals surface area (Å²) < 4.78 is 27.3. The van der Waals surface area contributed by atoms with Gasteiger partial charge in [0.1, 0.15) is 11.6 Å². The first-order valence-electron chi connectivity index (χ1n) is 5.26. The van der Waals surface area contributed by atoms with Crippen molar-refractivity contribution in [2.24, 2.45) is 0 Å². The molecule has 1 nitrogen and oxygen atoms in total. The van der Waals surface area contributed by atoms with Crippen molar-refractivity contribution >= 4 is 18.7 Å². The maximum absolute atomic E-state index is 13.7. The average molecular weight is 250 g/mol. The third-order valence-electron chi connectivity index (χ3n) is 2.80. The van der Waals surface area contributed by atoms with Gasteiger partial charge in [-0.25, -0.2) is 8.78 Å². The molecule has 0 heterocycles. The molecule has 2 rings (SSSR count). The highest BCUT2D eigenvalue weighted by Crippen LogP contribution is 2.07.